The molecule has 0 saturated heterocycles. The summed E-state index contributed by atoms with van der Waals surface area (Å²) in [5.74, 6) is -0.363. The molecule has 0 unspecified atom stereocenters. The third kappa shape index (κ3) is 6.04. The van der Waals surface area contributed by atoms with Crippen LogP contribution in [0, 0.1) is 0 Å². The number of aromatic carboxylic acids is 1. The fraction of sp³-hybridized carbons (Fsp3) is 0.143. The van der Waals surface area contributed by atoms with Crippen LogP contribution in [-0.2, 0) is 17.8 Å². The summed E-state index contributed by atoms with van der Waals surface area (Å²) in [7, 11) is 1.53. The first kappa shape index (κ1) is 27.7. The number of imidazole rings is 1. The Bertz CT molecular complexity index is 1700. The van der Waals surface area contributed by atoms with Crippen molar-refractivity contribution in [2.45, 2.75) is 13.1 Å². The fourth-order valence-corrected chi connectivity index (χ4v) is 4.24. The summed E-state index contributed by atoms with van der Waals surface area (Å²) in [6.07, 6.45) is 0. The van der Waals surface area contributed by atoms with E-state index in [1.165, 1.54) is 30.0 Å². The van der Waals surface area contributed by atoms with Crippen LogP contribution in [0.1, 0.15) is 21.5 Å². The van der Waals surface area contributed by atoms with Gasteiger partial charge in [-0.1, -0.05) is 36.4 Å². The predicted molar refractivity (Wildman–Crippen MR) is 140 cm³/mol. The van der Waals surface area contributed by atoms with Gasteiger partial charge in [-0.15, -0.1) is 0 Å². The number of anilines is 1. The number of para-hydroxylation sites is 2. The van der Waals surface area contributed by atoms with Crippen LogP contribution in [0.5, 0.6) is 5.75 Å². The average molecular weight is 517 g/mol. The molecule has 0 radical (unpaired) electrons. The van der Waals surface area contributed by atoms with Crippen molar-refractivity contribution in [3.05, 3.63) is 106 Å². The smallest absolute Gasteiger partial charge is 0.545 e. The van der Waals surface area contributed by atoms with Gasteiger partial charge < -0.3 is 29.7 Å². The van der Waals surface area contributed by atoms with E-state index in [2.05, 4.69) is 10.1 Å². The average Bonchev–Trinajstić information content (AvgIpc) is 3.24. The Morgan fingerprint density at radius 1 is 0.974 bits per heavy atom. The Morgan fingerprint density at radius 3 is 2.56 bits per heavy atom. The third-order valence-electron chi connectivity index (χ3n) is 6.04. The number of nitrogen functional groups attached to an aromatic ring is 1. The van der Waals surface area contributed by atoms with Crippen LogP contribution in [0.3, 0.4) is 0 Å². The Balaban J connectivity index is 0.00000353. The summed E-state index contributed by atoms with van der Waals surface area (Å²) < 4.78 is 14.1. The molecule has 0 aliphatic rings. The second kappa shape index (κ2) is 12.0. The molecule has 0 atom stereocenters. The number of benzene rings is 3. The molecule has 0 bridgehead atoms. The molecular formula is C28H24LiN5O5. The van der Waals surface area contributed by atoms with Gasteiger partial charge in [0.2, 0.25) is 5.95 Å². The van der Waals surface area contributed by atoms with Gasteiger partial charge in [-0.3, -0.25) is 4.79 Å². The number of rotatable bonds is 9. The SMILES string of the molecule is COCOc1ccc(Cn2c(N)nc3ccccc32)cc1-c1ccc(=O)n(Cc2cccc(C(=O)[O-])c2)n1.[Li+]. The van der Waals surface area contributed by atoms with Gasteiger partial charge in [-0.2, -0.15) is 5.10 Å². The molecule has 5 aromatic rings. The maximum Gasteiger partial charge on any atom is 1.00 e. The zero-order chi connectivity index (χ0) is 26.6. The van der Waals surface area contributed by atoms with Gasteiger partial charge in [0.15, 0.2) is 6.79 Å². The van der Waals surface area contributed by atoms with E-state index in [1.54, 1.807) is 18.2 Å². The predicted octanol–water partition coefficient (Wildman–Crippen LogP) is -0.711. The number of fused-ring (bicyclic) bond motifs is 1. The van der Waals surface area contributed by atoms with E-state index in [-0.39, 0.29) is 43.3 Å². The zero-order valence-corrected chi connectivity index (χ0v) is 21.5. The monoisotopic (exact) mass is 517 g/mol. The topological polar surface area (TPSA) is 137 Å². The van der Waals surface area contributed by atoms with Crippen LogP contribution >= 0.6 is 0 Å². The number of nitrogens with two attached hydrogens (primary N) is 1. The second-order valence-electron chi connectivity index (χ2n) is 8.63. The van der Waals surface area contributed by atoms with E-state index in [0.717, 1.165) is 16.6 Å². The number of carboxylic acid groups (broad SMARTS) is 1. The van der Waals surface area contributed by atoms with Crippen molar-refractivity contribution < 1.29 is 38.2 Å². The summed E-state index contributed by atoms with van der Waals surface area (Å²) in [5, 5.41) is 15.8. The van der Waals surface area contributed by atoms with Crippen molar-refractivity contribution >= 4 is 23.0 Å². The van der Waals surface area contributed by atoms with E-state index >= 15 is 0 Å². The normalized spacial score (nSPS) is 10.8. The van der Waals surface area contributed by atoms with Gasteiger partial charge in [0.05, 0.1) is 35.8 Å². The number of hydrogen-bond acceptors (Lipinski definition) is 8. The number of carbonyl (C=O) groups excluding carboxylic acids is 1. The molecule has 11 heteroatoms. The van der Waals surface area contributed by atoms with Crippen LogP contribution in [0.4, 0.5) is 5.95 Å². The van der Waals surface area contributed by atoms with E-state index in [1.807, 2.05) is 47.0 Å². The Hall–Kier alpha value is -4.36. The molecule has 2 heterocycles. The molecular weight excluding hydrogens is 493 g/mol. The van der Waals surface area contributed by atoms with Crippen LogP contribution < -0.4 is 40.0 Å². The van der Waals surface area contributed by atoms with Gasteiger partial charge >= 0.3 is 18.9 Å². The number of hydrogen-bond donors (Lipinski definition) is 1. The van der Waals surface area contributed by atoms with Crippen LogP contribution in [0.15, 0.2) is 83.7 Å². The van der Waals surface area contributed by atoms with Gasteiger partial charge in [-0.25, -0.2) is 9.67 Å². The van der Waals surface area contributed by atoms with Crippen molar-refractivity contribution in [1.29, 1.82) is 0 Å². The Labute approximate surface area is 235 Å². The summed E-state index contributed by atoms with van der Waals surface area (Å²) in [6, 6.07) is 22.6. The molecule has 0 spiro atoms. The third-order valence-corrected chi connectivity index (χ3v) is 6.04. The van der Waals surface area contributed by atoms with Crippen molar-refractivity contribution in [2.24, 2.45) is 0 Å². The molecule has 5 rings (SSSR count). The summed E-state index contributed by atoms with van der Waals surface area (Å²) >= 11 is 0. The molecule has 0 saturated carbocycles. The standard InChI is InChI=1S/C28H25N5O5.Li/c1-37-17-38-25-11-9-19(15-32-24-8-3-2-7-23(24)30-28(32)29)14-21(25)22-10-12-26(34)33(31-22)16-18-5-4-6-20(13-18)27(35)36;/h2-14H,15-17H2,1H3,(H2,29,30)(H,35,36);/q;+1/p-1. The fourth-order valence-electron chi connectivity index (χ4n) is 4.24. The number of carbonyl (C=O) groups is 1. The molecule has 10 nitrogen and oxygen atoms in total. The zero-order valence-electron chi connectivity index (χ0n) is 21.5. The Morgan fingerprint density at radius 2 is 1.77 bits per heavy atom. The molecule has 192 valence electrons. The molecule has 0 aliphatic heterocycles. The minimum atomic E-state index is -1.29. The second-order valence-corrected chi connectivity index (χ2v) is 8.63. The number of methoxy groups -OCH3 is 1. The first-order valence-electron chi connectivity index (χ1n) is 11.8. The minimum absolute atomic E-state index is 0. The number of nitrogens with zero attached hydrogens (tertiary/aromatic N) is 4. The van der Waals surface area contributed by atoms with Crippen molar-refractivity contribution in [3.8, 4) is 17.0 Å². The summed E-state index contributed by atoms with van der Waals surface area (Å²) in [5.41, 5.74) is 10.3. The van der Waals surface area contributed by atoms with Gasteiger partial charge in [0.25, 0.3) is 5.56 Å². The van der Waals surface area contributed by atoms with Gasteiger partial charge in [-0.05, 0) is 53.1 Å². The van der Waals surface area contributed by atoms with Gasteiger partial charge in [0, 0.05) is 18.7 Å². The number of carboxylic acids is 1. The van der Waals surface area contributed by atoms with Crippen molar-refractivity contribution in [3.63, 3.8) is 0 Å². The first-order valence-corrected chi connectivity index (χ1v) is 11.8. The Kier molecular flexibility index (Phi) is 8.51. The van der Waals surface area contributed by atoms with Crippen LogP contribution in [-0.4, -0.2) is 39.2 Å². The van der Waals surface area contributed by atoms with E-state index in [4.69, 9.17) is 15.2 Å². The minimum Gasteiger partial charge on any atom is -0.545 e. The number of aromatic nitrogens is 4. The summed E-state index contributed by atoms with van der Waals surface area (Å²) in [4.78, 5) is 28.3. The quantitative estimate of drug-likeness (QED) is 0.200. The molecule has 39 heavy (non-hydrogen) atoms. The molecule has 0 aliphatic carbocycles. The summed E-state index contributed by atoms with van der Waals surface area (Å²) in [6.45, 7) is 0.569. The molecule has 2 N–H and O–H groups in total. The van der Waals surface area contributed by atoms with Crippen LogP contribution in [0.2, 0.25) is 0 Å². The maximum absolute atomic E-state index is 12.6. The maximum atomic E-state index is 12.6. The molecule has 3 aromatic carbocycles. The molecule has 0 fully saturated rings. The van der Waals surface area contributed by atoms with Crippen LogP contribution in [0.25, 0.3) is 22.3 Å². The largest absolute Gasteiger partial charge is 1.00 e. The van der Waals surface area contributed by atoms with E-state index in [9.17, 15) is 14.7 Å². The van der Waals surface area contributed by atoms with E-state index in [0.29, 0.717) is 35.1 Å². The number of ether oxygens (including phenoxy) is 2. The first-order chi connectivity index (χ1) is 18.4. The van der Waals surface area contributed by atoms with E-state index < -0.39 is 5.97 Å². The van der Waals surface area contributed by atoms with Crippen molar-refractivity contribution in [1.82, 2.24) is 19.3 Å². The molecule has 2 aromatic heterocycles. The van der Waals surface area contributed by atoms with Crippen molar-refractivity contribution in [2.75, 3.05) is 19.6 Å². The molecule has 0 amide bonds. The van der Waals surface area contributed by atoms with Gasteiger partial charge in [0.1, 0.15) is 5.75 Å².